The molecular formula is C22H18BrClN4OS. The maximum atomic E-state index is 12.9. The summed E-state index contributed by atoms with van der Waals surface area (Å²) in [5.41, 5.74) is 3.96. The summed E-state index contributed by atoms with van der Waals surface area (Å²) in [5.74, 6) is 1.62. The molecule has 152 valence electrons. The van der Waals surface area contributed by atoms with Crippen LogP contribution in [0.25, 0.3) is 0 Å². The van der Waals surface area contributed by atoms with E-state index in [0.29, 0.717) is 17.5 Å². The van der Waals surface area contributed by atoms with Crippen LogP contribution in [0.3, 0.4) is 0 Å². The van der Waals surface area contributed by atoms with Gasteiger partial charge in [-0.1, -0.05) is 63.6 Å². The summed E-state index contributed by atoms with van der Waals surface area (Å²) in [6.07, 6.45) is 2.29. The van der Waals surface area contributed by atoms with Crippen molar-refractivity contribution < 1.29 is 4.79 Å². The minimum atomic E-state index is -0.265. The number of ketones is 1. The van der Waals surface area contributed by atoms with Gasteiger partial charge in [0.1, 0.15) is 6.04 Å². The van der Waals surface area contributed by atoms with Crippen molar-refractivity contribution in [2.45, 2.75) is 36.2 Å². The van der Waals surface area contributed by atoms with Crippen LogP contribution in [0, 0.1) is 0 Å². The normalized spacial score (nSPS) is 18.1. The van der Waals surface area contributed by atoms with Gasteiger partial charge in [-0.25, -0.2) is 4.68 Å². The smallest absolute Gasteiger partial charge is 0.227 e. The van der Waals surface area contributed by atoms with Gasteiger partial charge in [-0.2, -0.15) is 4.98 Å². The van der Waals surface area contributed by atoms with Gasteiger partial charge < -0.3 is 5.32 Å². The highest BCUT2D eigenvalue weighted by Gasteiger charge is 2.36. The fourth-order valence-electron chi connectivity index (χ4n) is 3.91. The number of Topliss-reactive ketones (excluding diaryl/α,β-unsaturated/α-hetero) is 1. The molecule has 0 bridgehead atoms. The molecule has 0 saturated carbocycles. The number of nitrogens with zero attached hydrogens (tertiary/aromatic N) is 3. The van der Waals surface area contributed by atoms with Crippen molar-refractivity contribution in [1.82, 2.24) is 14.8 Å². The lowest BCUT2D eigenvalue weighted by Gasteiger charge is -2.32. The second-order valence-electron chi connectivity index (χ2n) is 7.33. The lowest BCUT2D eigenvalue weighted by atomic mass is 9.85. The molecule has 1 aromatic heterocycles. The van der Waals surface area contributed by atoms with Crippen LogP contribution in [0.5, 0.6) is 0 Å². The SMILES string of the molecule is O=C1CCCC2=C1[C@H](c1cccc(Br)c1)n1nc(SCc3ccc(Cl)cc3)nc1N2. The number of allylic oxidation sites excluding steroid dienone is 2. The summed E-state index contributed by atoms with van der Waals surface area (Å²) < 4.78 is 2.83. The fraction of sp³-hybridized carbons (Fsp3) is 0.227. The standard InChI is InChI=1S/C22H18BrClN4OS/c23-15-4-1-3-14(11-15)20-19-17(5-2-6-18(19)29)25-21-26-22(27-28(20)21)30-12-13-7-9-16(24)10-8-13/h1,3-4,7-11,20H,2,5-6,12H2,(H,25,26,27)/t20-/m0/s1. The Kier molecular flexibility index (Phi) is 5.43. The van der Waals surface area contributed by atoms with E-state index in [1.54, 1.807) is 11.8 Å². The van der Waals surface area contributed by atoms with Gasteiger partial charge in [0.2, 0.25) is 11.1 Å². The lowest BCUT2D eigenvalue weighted by molar-refractivity contribution is -0.116. The molecule has 0 amide bonds. The number of nitrogens with one attached hydrogen (secondary N) is 1. The molecule has 1 atom stereocenters. The van der Waals surface area contributed by atoms with E-state index in [4.69, 9.17) is 21.7 Å². The highest BCUT2D eigenvalue weighted by atomic mass is 79.9. The first-order valence-electron chi connectivity index (χ1n) is 9.71. The van der Waals surface area contributed by atoms with Crippen molar-refractivity contribution in [3.8, 4) is 0 Å². The number of rotatable bonds is 4. The van der Waals surface area contributed by atoms with Gasteiger partial charge in [0.15, 0.2) is 5.78 Å². The monoisotopic (exact) mass is 500 g/mol. The van der Waals surface area contributed by atoms with Gasteiger partial charge in [-0.15, -0.1) is 5.10 Å². The van der Waals surface area contributed by atoms with Crippen LogP contribution in [0.2, 0.25) is 5.02 Å². The number of hydrogen-bond donors (Lipinski definition) is 1. The molecule has 30 heavy (non-hydrogen) atoms. The predicted octanol–water partition coefficient (Wildman–Crippen LogP) is 6.01. The Labute approximate surface area is 192 Å². The Hall–Kier alpha value is -2.09. The first-order chi connectivity index (χ1) is 14.6. The number of halogens is 2. The molecule has 2 heterocycles. The van der Waals surface area contributed by atoms with Crippen LogP contribution in [0.4, 0.5) is 5.95 Å². The zero-order valence-corrected chi connectivity index (χ0v) is 19.1. The Balaban J connectivity index is 1.50. The number of fused-ring (bicyclic) bond motifs is 1. The highest BCUT2D eigenvalue weighted by molar-refractivity contribution is 9.10. The summed E-state index contributed by atoms with van der Waals surface area (Å²) in [6.45, 7) is 0. The third kappa shape index (κ3) is 3.82. The molecule has 0 radical (unpaired) electrons. The van der Waals surface area contributed by atoms with Crippen molar-refractivity contribution in [3.05, 3.63) is 80.4 Å². The number of hydrogen-bond acceptors (Lipinski definition) is 5. The summed E-state index contributed by atoms with van der Waals surface area (Å²) in [6, 6.07) is 15.6. The maximum absolute atomic E-state index is 12.9. The molecular weight excluding hydrogens is 484 g/mol. The molecule has 2 aromatic carbocycles. The van der Waals surface area contributed by atoms with E-state index in [-0.39, 0.29) is 11.8 Å². The van der Waals surface area contributed by atoms with E-state index in [0.717, 1.165) is 50.5 Å². The van der Waals surface area contributed by atoms with Crippen LogP contribution in [-0.4, -0.2) is 20.5 Å². The minimum Gasteiger partial charge on any atom is -0.328 e. The van der Waals surface area contributed by atoms with Crippen molar-refractivity contribution in [2.75, 3.05) is 5.32 Å². The molecule has 0 spiro atoms. The van der Waals surface area contributed by atoms with Gasteiger partial charge in [0.05, 0.1) is 0 Å². The Morgan fingerprint density at radius 2 is 2.03 bits per heavy atom. The number of carbonyl (C=O) groups excluding carboxylic acids is 1. The van der Waals surface area contributed by atoms with Crippen molar-refractivity contribution in [2.24, 2.45) is 0 Å². The zero-order chi connectivity index (χ0) is 20.7. The molecule has 1 N–H and O–H groups in total. The van der Waals surface area contributed by atoms with Crippen LogP contribution in [0.15, 0.2) is 69.4 Å². The molecule has 1 aliphatic heterocycles. The van der Waals surface area contributed by atoms with Crippen LogP contribution >= 0.6 is 39.3 Å². The first kappa shape index (κ1) is 19.8. The number of carbonyl (C=O) groups is 1. The fourth-order valence-corrected chi connectivity index (χ4v) is 5.24. The average Bonchev–Trinajstić information content (AvgIpc) is 3.14. The van der Waals surface area contributed by atoms with Crippen molar-refractivity contribution in [1.29, 1.82) is 0 Å². The number of thioether (sulfide) groups is 1. The van der Waals surface area contributed by atoms with Gasteiger partial charge in [-0.05, 0) is 48.2 Å². The second-order valence-corrected chi connectivity index (χ2v) is 9.62. The van der Waals surface area contributed by atoms with Crippen LogP contribution in [0.1, 0.15) is 36.4 Å². The molecule has 5 rings (SSSR count). The van der Waals surface area contributed by atoms with E-state index in [9.17, 15) is 4.79 Å². The molecule has 2 aliphatic rings. The molecule has 3 aromatic rings. The highest BCUT2D eigenvalue weighted by Crippen LogP contribution is 2.41. The largest absolute Gasteiger partial charge is 0.328 e. The summed E-state index contributed by atoms with van der Waals surface area (Å²) >= 11 is 11.1. The third-order valence-electron chi connectivity index (χ3n) is 5.29. The van der Waals surface area contributed by atoms with Gasteiger partial charge in [0, 0.05) is 32.9 Å². The molecule has 0 fully saturated rings. The second kappa shape index (κ2) is 8.21. The first-order valence-corrected chi connectivity index (χ1v) is 11.9. The van der Waals surface area contributed by atoms with Gasteiger partial charge in [0.25, 0.3) is 0 Å². The zero-order valence-electron chi connectivity index (χ0n) is 15.9. The van der Waals surface area contributed by atoms with Crippen molar-refractivity contribution in [3.63, 3.8) is 0 Å². The Bertz CT molecular complexity index is 1160. The Morgan fingerprint density at radius 3 is 2.83 bits per heavy atom. The quantitative estimate of drug-likeness (QED) is 0.444. The van der Waals surface area contributed by atoms with Crippen LogP contribution in [-0.2, 0) is 10.5 Å². The van der Waals surface area contributed by atoms with Crippen molar-refractivity contribution >= 4 is 51.0 Å². The molecule has 5 nitrogen and oxygen atoms in total. The van der Waals surface area contributed by atoms with Crippen LogP contribution < -0.4 is 5.32 Å². The number of anilines is 1. The van der Waals surface area contributed by atoms with E-state index in [1.165, 1.54) is 0 Å². The molecule has 0 saturated heterocycles. The molecule has 8 heteroatoms. The predicted molar refractivity (Wildman–Crippen MR) is 123 cm³/mol. The van der Waals surface area contributed by atoms with E-state index in [1.807, 2.05) is 47.1 Å². The Morgan fingerprint density at radius 1 is 1.20 bits per heavy atom. The van der Waals surface area contributed by atoms with Gasteiger partial charge in [-0.3, -0.25) is 4.79 Å². The minimum absolute atomic E-state index is 0.185. The maximum Gasteiger partial charge on any atom is 0.227 e. The third-order valence-corrected chi connectivity index (χ3v) is 6.95. The van der Waals surface area contributed by atoms with E-state index < -0.39 is 0 Å². The topological polar surface area (TPSA) is 59.8 Å². The number of aromatic nitrogens is 3. The summed E-state index contributed by atoms with van der Waals surface area (Å²) in [7, 11) is 0. The summed E-state index contributed by atoms with van der Waals surface area (Å²) in [4.78, 5) is 17.6. The van der Waals surface area contributed by atoms with E-state index >= 15 is 0 Å². The molecule has 1 aliphatic carbocycles. The molecule has 0 unspecified atom stereocenters. The summed E-state index contributed by atoms with van der Waals surface area (Å²) in [5, 5.41) is 9.55. The van der Waals surface area contributed by atoms with Gasteiger partial charge >= 0.3 is 0 Å². The van der Waals surface area contributed by atoms with E-state index in [2.05, 4.69) is 27.3 Å². The lowest BCUT2D eigenvalue weighted by Crippen LogP contribution is -2.31. The number of benzene rings is 2. The average molecular weight is 502 g/mol.